The van der Waals surface area contributed by atoms with Gasteiger partial charge in [0.05, 0.1) is 7.11 Å². The van der Waals surface area contributed by atoms with E-state index in [2.05, 4.69) is 42.0 Å². The quantitative estimate of drug-likeness (QED) is 0.774. The lowest BCUT2D eigenvalue weighted by Gasteiger charge is -1.93. The lowest BCUT2D eigenvalue weighted by molar-refractivity contribution is -0.143. The number of ether oxygens (including phenoxy) is 1. The highest BCUT2D eigenvalue weighted by Crippen LogP contribution is 2.00. The Kier molecular flexibility index (Phi) is 8.39. The average Bonchev–Trinajstić information content (AvgIpc) is 2.31. The number of aryl methyl sites for hydroxylation is 1. The summed E-state index contributed by atoms with van der Waals surface area (Å²) in [5, 5.41) is 7.86. The van der Waals surface area contributed by atoms with Crippen LogP contribution in [0.1, 0.15) is 18.9 Å². The maximum absolute atomic E-state index is 9.71. The van der Waals surface area contributed by atoms with Crippen LogP contribution in [0, 0.1) is 0 Å². The number of esters is 1. The van der Waals surface area contributed by atoms with Gasteiger partial charge in [0.25, 0.3) is 0 Å². The van der Waals surface area contributed by atoms with Crippen LogP contribution < -0.4 is 0 Å². The molecule has 0 unspecified atom stereocenters. The third kappa shape index (κ3) is 7.70. The molecule has 0 bridgehead atoms. The van der Waals surface area contributed by atoms with Crippen LogP contribution in [-0.4, -0.2) is 24.8 Å². The maximum Gasteiger partial charge on any atom is 0.331 e. The summed E-state index contributed by atoms with van der Waals surface area (Å²) in [6.45, 7) is 1.67. The first-order chi connectivity index (χ1) is 7.24. The second kappa shape index (κ2) is 9.21. The molecule has 0 saturated heterocycles. The molecular formula is C12H18O3. The number of hydrogen-bond acceptors (Lipinski definition) is 3. The summed E-state index contributed by atoms with van der Waals surface area (Å²) in [6, 6.07) is 10.6. The third-order valence-corrected chi connectivity index (χ3v) is 1.74. The molecule has 0 aliphatic rings. The van der Waals surface area contributed by atoms with E-state index in [0.29, 0.717) is 0 Å². The first-order valence-corrected chi connectivity index (χ1v) is 4.96. The lowest BCUT2D eigenvalue weighted by Crippen LogP contribution is -2.04. The second-order valence-electron chi connectivity index (χ2n) is 2.97. The van der Waals surface area contributed by atoms with Gasteiger partial charge < -0.3 is 9.84 Å². The van der Waals surface area contributed by atoms with E-state index in [9.17, 15) is 4.79 Å². The van der Waals surface area contributed by atoms with Crippen LogP contribution in [0.3, 0.4) is 0 Å². The fraction of sp³-hybridized carbons (Fsp3) is 0.417. The molecule has 1 aromatic carbocycles. The van der Waals surface area contributed by atoms with E-state index in [-0.39, 0.29) is 0 Å². The summed E-state index contributed by atoms with van der Waals surface area (Å²) < 4.78 is 4.01. The lowest BCUT2D eigenvalue weighted by atomic mass is 10.1. The van der Waals surface area contributed by atoms with Crippen molar-refractivity contribution < 1.29 is 14.6 Å². The summed E-state index contributed by atoms with van der Waals surface area (Å²) in [7, 11) is 1.22. The van der Waals surface area contributed by atoms with Crippen LogP contribution in [0.15, 0.2) is 30.3 Å². The van der Waals surface area contributed by atoms with Crippen molar-refractivity contribution >= 4 is 5.97 Å². The highest BCUT2D eigenvalue weighted by molar-refractivity contribution is 5.70. The summed E-state index contributed by atoms with van der Waals surface area (Å²) in [5.41, 5.74) is 1.44. The van der Waals surface area contributed by atoms with Crippen LogP contribution in [0.5, 0.6) is 0 Å². The highest BCUT2D eigenvalue weighted by Gasteiger charge is 1.89. The molecule has 15 heavy (non-hydrogen) atoms. The minimum absolute atomic E-state index is 0.531. The molecular weight excluding hydrogens is 192 g/mol. The van der Waals surface area contributed by atoms with Gasteiger partial charge in [-0.2, -0.15) is 0 Å². The van der Waals surface area contributed by atoms with Crippen LogP contribution in [0.4, 0.5) is 0 Å². The van der Waals surface area contributed by atoms with Crippen LogP contribution in [-0.2, 0) is 16.0 Å². The van der Waals surface area contributed by atoms with Crippen molar-refractivity contribution in [3.05, 3.63) is 35.9 Å². The molecule has 0 heterocycles. The van der Waals surface area contributed by atoms with E-state index in [1.54, 1.807) is 0 Å². The highest BCUT2D eigenvalue weighted by atomic mass is 16.5. The molecule has 0 saturated carbocycles. The zero-order chi connectivity index (χ0) is 11.5. The number of carbonyl (C=O) groups is 1. The summed E-state index contributed by atoms with van der Waals surface area (Å²) in [5.74, 6) is -0.602. The molecule has 0 aromatic heterocycles. The second-order valence-corrected chi connectivity index (χ2v) is 2.97. The van der Waals surface area contributed by atoms with E-state index in [0.717, 1.165) is 0 Å². The molecule has 84 valence electrons. The molecule has 0 aliphatic carbocycles. The van der Waals surface area contributed by atoms with Gasteiger partial charge in [-0.3, -0.25) is 0 Å². The van der Waals surface area contributed by atoms with Crippen molar-refractivity contribution in [3.8, 4) is 0 Å². The van der Waals surface area contributed by atoms with Gasteiger partial charge >= 0.3 is 5.97 Å². The number of hydrogen-bond donors (Lipinski definition) is 1. The summed E-state index contributed by atoms with van der Waals surface area (Å²) in [4.78, 5) is 9.71. The van der Waals surface area contributed by atoms with Crippen molar-refractivity contribution in [2.75, 3.05) is 13.7 Å². The Hall–Kier alpha value is -1.35. The summed E-state index contributed by atoms with van der Waals surface area (Å²) in [6.07, 6.45) is 2.45. The minimum Gasteiger partial charge on any atom is -0.467 e. The number of rotatable bonds is 3. The molecule has 0 amide bonds. The first kappa shape index (κ1) is 13.7. The van der Waals surface area contributed by atoms with Gasteiger partial charge in [-0.15, -0.1) is 0 Å². The number of benzene rings is 1. The van der Waals surface area contributed by atoms with Crippen molar-refractivity contribution in [2.45, 2.75) is 19.8 Å². The normalized spacial score (nSPS) is 8.73. The van der Waals surface area contributed by atoms with Crippen molar-refractivity contribution in [3.63, 3.8) is 0 Å². The van der Waals surface area contributed by atoms with Crippen LogP contribution in [0.25, 0.3) is 0 Å². The van der Waals surface area contributed by atoms with E-state index >= 15 is 0 Å². The Balaban J connectivity index is 0.000000288. The molecule has 1 rings (SSSR count). The molecule has 0 fully saturated rings. The zero-order valence-corrected chi connectivity index (χ0v) is 9.27. The van der Waals surface area contributed by atoms with E-state index < -0.39 is 12.6 Å². The molecule has 0 aliphatic heterocycles. The molecule has 0 atom stereocenters. The van der Waals surface area contributed by atoms with Gasteiger partial charge in [0.1, 0.15) is 6.61 Å². The number of carbonyl (C=O) groups excluding carboxylic acids is 1. The van der Waals surface area contributed by atoms with Gasteiger partial charge in [-0.25, -0.2) is 4.79 Å². The SMILES string of the molecule is CCCc1ccccc1.COC(=O)CO. The Bertz CT molecular complexity index is 251. The average molecular weight is 210 g/mol. The molecule has 1 aromatic rings. The maximum atomic E-state index is 9.71. The summed E-state index contributed by atoms with van der Waals surface area (Å²) >= 11 is 0. The number of aliphatic hydroxyl groups excluding tert-OH is 1. The van der Waals surface area contributed by atoms with Gasteiger partial charge in [-0.05, 0) is 12.0 Å². The standard InChI is InChI=1S/C9H12.C3H6O3/c1-2-6-9-7-4-3-5-8-9;1-6-3(5)2-4/h3-5,7-8H,2,6H2,1H3;4H,2H2,1H3. The predicted molar refractivity (Wildman–Crippen MR) is 59.5 cm³/mol. The third-order valence-electron chi connectivity index (χ3n) is 1.74. The number of aliphatic hydroxyl groups is 1. The van der Waals surface area contributed by atoms with Crippen molar-refractivity contribution in [1.29, 1.82) is 0 Å². The largest absolute Gasteiger partial charge is 0.467 e. The van der Waals surface area contributed by atoms with Gasteiger partial charge in [0.2, 0.25) is 0 Å². The van der Waals surface area contributed by atoms with Crippen LogP contribution >= 0.6 is 0 Å². The Labute approximate surface area is 90.7 Å². The topological polar surface area (TPSA) is 46.5 Å². The molecule has 0 spiro atoms. The molecule has 3 nitrogen and oxygen atoms in total. The fourth-order valence-corrected chi connectivity index (χ4v) is 0.998. The van der Waals surface area contributed by atoms with Gasteiger partial charge in [-0.1, -0.05) is 43.7 Å². The predicted octanol–water partition coefficient (Wildman–Crippen LogP) is 1.79. The Morgan fingerprint density at radius 3 is 2.27 bits per heavy atom. The fourth-order valence-electron chi connectivity index (χ4n) is 0.998. The smallest absolute Gasteiger partial charge is 0.331 e. The van der Waals surface area contributed by atoms with Crippen LogP contribution in [0.2, 0.25) is 0 Å². The van der Waals surface area contributed by atoms with Crippen molar-refractivity contribution in [2.24, 2.45) is 0 Å². The molecule has 0 radical (unpaired) electrons. The van der Waals surface area contributed by atoms with E-state index in [4.69, 9.17) is 5.11 Å². The molecule has 3 heteroatoms. The zero-order valence-electron chi connectivity index (χ0n) is 9.27. The van der Waals surface area contributed by atoms with Gasteiger partial charge in [0.15, 0.2) is 0 Å². The van der Waals surface area contributed by atoms with E-state index in [1.165, 1.54) is 25.5 Å². The first-order valence-electron chi connectivity index (χ1n) is 4.96. The van der Waals surface area contributed by atoms with Gasteiger partial charge in [0, 0.05) is 0 Å². The minimum atomic E-state index is -0.602. The number of methoxy groups -OCH3 is 1. The Morgan fingerprint density at radius 1 is 1.33 bits per heavy atom. The molecule has 1 N–H and O–H groups in total. The monoisotopic (exact) mass is 210 g/mol. The Morgan fingerprint density at radius 2 is 1.93 bits per heavy atom. The van der Waals surface area contributed by atoms with E-state index in [1.807, 2.05) is 0 Å². The van der Waals surface area contributed by atoms with Crippen molar-refractivity contribution in [1.82, 2.24) is 0 Å².